The lowest BCUT2D eigenvalue weighted by atomic mass is 10.1. The fourth-order valence-corrected chi connectivity index (χ4v) is 0.983. The summed E-state index contributed by atoms with van der Waals surface area (Å²) in [4.78, 5) is 0. The van der Waals surface area contributed by atoms with Gasteiger partial charge in [0.05, 0.1) is 0 Å². The molecule has 0 radical (unpaired) electrons. The van der Waals surface area contributed by atoms with E-state index in [0.717, 1.165) is 11.3 Å². The minimum Gasteiger partial charge on any atom is -0.398 e. The predicted molar refractivity (Wildman–Crippen MR) is 69.4 cm³/mol. The van der Waals surface area contributed by atoms with Crippen molar-refractivity contribution >= 4 is 5.70 Å². The Morgan fingerprint density at radius 1 is 1.00 bits per heavy atom. The average molecular weight is 203 g/mol. The molecule has 0 spiro atoms. The van der Waals surface area contributed by atoms with Crippen molar-refractivity contribution in [3.8, 4) is 0 Å². The van der Waals surface area contributed by atoms with Crippen LogP contribution in [0.25, 0.3) is 5.70 Å². The molecule has 1 rings (SSSR count). The summed E-state index contributed by atoms with van der Waals surface area (Å²) in [6, 6.07) is 9.96. The van der Waals surface area contributed by atoms with E-state index in [1.54, 1.807) is 0 Å². The van der Waals surface area contributed by atoms with Gasteiger partial charge in [0, 0.05) is 5.70 Å². The van der Waals surface area contributed by atoms with Crippen LogP contribution in [0.1, 0.15) is 33.3 Å². The second kappa shape index (κ2) is 7.86. The van der Waals surface area contributed by atoms with E-state index in [1.165, 1.54) is 5.57 Å². The molecule has 1 nitrogen and oxygen atoms in total. The molecule has 82 valence electrons. The highest BCUT2D eigenvalue weighted by molar-refractivity contribution is 5.63. The maximum absolute atomic E-state index is 5.86. The zero-order chi connectivity index (χ0) is 11.7. The molecule has 0 amide bonds. The standard InChI is InChI=1S/C12H15N.C2H6/c1-10(2)8-9-12(13)11-6-4-3-5-7-11;1-2/h3-9H,13H2,1-2H3;1-2H3/b12-9-;. The highest BCUT2D eigenvalue weighted by Crippen LogP contribution is 2.08. The number of hydrogen-bond donors (Lipinski definition) is 1. The van der Waals surface area contributed by atoms with Crippen molar-refractivity contribution in [3.05, 3.63) is 53.6 Å². The van der Waals surface area contributed by atoms with Gasteiger partial charge in [-0.25, -0.2) is 0 Å². The smallest absolute Gasteiger partial charge is 0.0387 e. The Kier molecular flexibility index (Phi) is 7.08. The Hall–Kier alpha value is -1.50. The summed E-state index contributed by atoms with van der Waals surface area (Å²) in [5.41, 5.74) is 8.99. The molecule has 0 unspecified atom stereocenters. The van der Waals surface area contributed by atoms with Crippen LogP contribution in [-0.2, 0) is 0 Å². The van der Waals surface area contributed by atoms with Crippen molar-refractivity contribution in [3.63, 3.8) is 0 Å². The molecule has 15 heavy (non-hydrogen) atoms. The molecule has 0 aliphatic carbocycles. The fraction of sp³-hybridized carbons (Fsp3) is 0.286. The molecule has 0 aromatic heterocycles. The normalized spacial score (nSPS) is 10.0. The molecule has 1 aromatic rings. The summed E-state index contributed by atoms with van der Waals surface area (Å²) in [6.45, 7) is 8.10. The van der Waals surface area contributed by atoms with E-state index in [2.05, 4.69) is 13.8 Å². The summed E-state index contributed by atoms with van der Waals surface area (Å²) in [5, 5.41) is 0. The van der Waals surface area contributed by atoms with Crippen molar-refractivity contribution in [2.75, 3.05) is 0 Å². The van der Waals surface area contributed by atoms with Crippen molar-refractivity contribution in [1.82, 2.24) is 0 Å². The van der Waals surface area contributed by atoms with Crippen LogP contribution in [0.15, 0.2) is 48.1 Å². The van der Waals surface area contributed by atoms with Crippen LogP contribution in [0.3, 0.4) is 0 Å². The Balaban J connectivity index is 0.000000921. The molecule has 0 saturated heterocycles. The molecular weight excluding hydrogens is 182 g/mol. The highest BCUT2D eigenvalue weighted by Gasteiger charge is 1.91. The second-order valence-electron chi connectivity index (χ2n) is 3.23. The molecule has 1 heteroatoms. The summed E-state index contributed by atoms with van der Waals surface area (Å²) in [6.07, 6.45) is 3.95. The summed E-state index contributed by atoms with van der Waals surface area (Å²) in [5.74, 6) is 0. The predicted octanol–water partition coefficient (Wildman–Crippen LogP) is 3.98. The van der Waals surface area contributed by atoms with E-state index < -0.39 is 0 Å². The third-order valence-electron chi connectivity index (χ3n) is 1.70. The first-order chi connectivity index (χ1) is 7.20. The Labute approximate surface area is 93.3 Å². The van der Waals surface area contributed by atoms with Gasteiger partial charge in [0.15, 0.2) is 0 Å². The number of allylic oxidation sites excluding steroid dienone is 3. The zero-order valence-electron chi connectivity index (χ0n) is 10.1. The van der Waals surface area contributed by atoms with Gasteiger partial charge in [0.1, 0.15) is 0 Å². The lowest BCUT2D eigenvalue weighted by Gasteiger charge is -1.98. The van der Waals surface area contributed by atoms with Crippen LogP contribution in [0.2, 0.25) is 0 Å². The van der Waals surface area contributed by atoms with Crippen LogP contribution in [0, 0.1) is 0 Å². The van der Waals surface area contributed by atoms with Gasteiger partial charge in [0.25, 0.3) is 0 Å². The third-order valence-corrected chi connectivity index (χ3v) is 1.70. The van der Waals surface area contributed by atoms with Gasteiger partial charge in [-0.15, -0.1) is 0 Å². The van der Waals surface area contributed by atoms with Crippen LogP contribution in [-0.4, -0.2) is 0 Å². The van der Waals surface area contributed by atoms with E-state index in [-0.39, 0.29) is 0 Å². The van der Waals surface area contributed by atoms with Crippen molar-refractivity contribution in [2.24, 2.45) is 5.73 Å². The molecule has 1 aromatic carbocycles. The first-order valence-corrected chi connectivity index (χ1v) is 5.36. The Morgan fingerprint density at radius 2 is 1.53 bits per heavy atom. The van der Waals surface area contributed by atoms with E-state index >= 15 is 0 Å². The molecule has 0 aliphatic rings. The van der Waals surface area contributed by atoms with E-state index in [4.69, 9.17) is 5.73 Å². The summed E-state index contributed by atoms with van der Waals surface area (Å²) >= 11 is 0. The molecule has 0 aliphatic heterocycles. The van der Waals surface area contributed by atoms with Gasteiger partial charge in [-0.05, 0) is 25.5 Å². The third kappa shape index (κ3) is 5.74. The number of nitrogens with two attached hydrogens (primary N) is 1. The van der Waals surface area contributed by atoms with E-state index in [1.807, 2.05) is 56.3 Å². The van der Waals surface area contributed by atoms with Crippen LogP contribution in [0.4, 0.5) is 0 Å². The fourth-order valence-electron chi connectivity index (χ4n) is 0.983. The maximum atomic E-state index is 5.86. The summed E-state index contributed by atoms with van der Waals surface area (Å²) in [7, 11) is 0. The van der Waals surface area contributed by atoms with Crippen molar-refractivity contribution in [2.45, 2.75) is 27.7 Å². The maximum Gasteiger partial charge on any atom is 0.0387 e. The van der Waals surface area contributed by atoms with Crippen molar-refractivity contribution in [1.29, 1.82) is 0 Å². The quantitative estimate of drug-likeness (QED) is 0.723. The van der Waals surface area contributed by atoms with Crippen LogP contribution >= 0.6 is 0 Å². The Bertz CT molecular complexity index is 316. The van der Waals surface area contributed by atoms with Gasteiger partial charge in [0.2, 0.25) is 0 Å². The first kappa shape index (κ1) is 13.5. The topological polar surface area (TPSA) is 26.0 Å². The van der Waals surface area contributed by atoms with Gasteiger partial charge < -0.3 is 5.73 Å². The van der Waals surface area contributed by atoms with E-state index in [9.17, 15) is 0 Å². The van der Waals surface area contributed by atoms with E-state index in [0.29, 0.717) is 0 Å². The number of hydrogen-bond acceptors (Lipinski definition) is 1. The lowest BCUT2D eigenvalue weighted by molar-refractivity contribution is 1.39. The highest BCUT2D eigenvalue weighted by atomic mass is 14.6. The molecule has 2 N–H and O–H groups in total. The molecule has 0 atom stereocenters. The minimum atomic E-state index is 0.807. The second-order valence-corrected chi connectivity index (χ2v) is 3.23. The van der Waals surface area contributed by atoms with Crippen LogP contribution < -0.4 is 5.73 Å². The monoisotopic (exact) mass is 203 g/mol. The molecule has 0 fully saturated rings. The lowest BCUT2D eigenvalue weighted by Crippen LogP contribution is -1.94. The average Bonchev–Trinajstić information content (AvgIpc) is 2.30. The SMILES string of the molecule is CC.CC(C)=C/C=C(\N)c1ccccc1. The number of benzene rings is 1. The molecule has 0 heterocycles. The van der Waals surface area contributed by atoms with Gasteiger partial charge >= 0.3 is 0 Å². The molecule has 0 bridgehead atoms. The van der Waals surface area contributed by atoms with Gasteiger partial charge in [-0.3, -0.25) is 0 Å². The number of rotatable bonds is 2. The van der Waals surface area contributed by atoms with Crippen LogP contribution in [0.5, 0.6) is 0 Å². The largest absolute Gasteiger partial charge is 0.398 e. The molecular formula is C14H21N. The van der Waals surface area contributed by atoms with Gasteiger partial charge in [-0.1, -0.05) is 55.8 Å². The first-order valence-electron chi connectivity index (χ1n) is 5.36. The Morgan fingerprint density at radius 3 is 2.00 bits per heavy atom. The minimum absolute atomic E-state index is 0.807. The van der Waals surface area contributed by atoms with Crippen molar-refractivity contribution < 1.29 is 0 Å². The van der Waals surface area contributed by atoms with Gasteiger partial charge in [-0.2, -0.15) is 0 Å². The zero-order valence-corrected chi connectivity index (χ0v) is 10.1. The molecule has 0 saturated carbocycles. The summed E-state index contributed by atoms with van der Waals surface area (Å²) < 4.78 is 0.